The van der Waals surface area contributed by atoms with E-state index in [1.165, 1.54) is 19.1 Å². The lowest BCUT2D eigenvalue weighted by Crippen LogP contribution is -2.27. The topological polar surface area (TPSA) is 44.1 Å². The second kappa shape index (κ2) is 6.67. The van der Waals surface area contributed by atoms with Gasteiger partial charge < -0.3 is 4.90 Å². The van der Waals surface area contributed by atoms with E-state index in [9.17, 15) is 9.18 Å². The van der Waals surface area contributed by atoms with Gasteiger partial charge in [-0.3, -0.25) is 4.79 Å². The van der Waals surface area contributed by atoms with Crippen molar-refractivity contribution in [2.75, 3.05) is 0 Å². The minimum absolute atomic E-state index is 0.0800. The van der Waals surface area contributed by atoms with Crippen LogP contribution in [0.5, 0.6) is 0 Å². The summed E-state index contributed by atoms with van der Waals surface area (Å²) < 4.78 is 13.2. The fraction of sp³-hybridized carbons (Fsp3) is 0.176. The Labute approximate surface area is 123 Å². The molecule has 0 heterocycles. The van der Waals surface area contributed by atoms with Crippen molar-refractivity contribution in [2.24, 2.45) is 0 Å². The molecule has 21 heavy (non-hydrogen) atoms. The molecule has 0 unspecified atom stereocenters. The Bertz CT molecular complexity index is 674. The number of hydrogen-bond donors (Lipinski definition) is 0. The van der Waals surface area contributed by atoms with Crippen LogP contribution in [-0.2, 0) is 17.9 Å². The average molecular weight is 282 g/mol. The first kappa shape index (κ1) is 14.7. The molecule has 106 valence electrons. The minimum Gasteiger partial charge on any atom is -0.334 e. The largest absolute Gasteiger partial charge is 0.334 e. The Balaban J connectivity index is 2.12. The quantitative estimate of drug-likeness (QED) is 0.864. The first-order chi connectivity index (χ1) is 10.1. The third kappa shape index (κ3) is 4.15. The molecule has 4 heteroatoms. The van der Waals surface area contributed by atoms with Crippen LogP contribution < -0.4 is 0 Å². The van der Waals surface area contributed by atoms with E-state index < -0.39 is 0 Å². The molecule has 2 aromatic rings. The van der Waals surface area contributed by atoms with Crippen LogP contribution in [0.2, 0.25) is 0 Å². The predicted molar refractivity (Wildman–Crippen MR) is 77.5 cm³/mol. The summed E-state index contributed by atoms with van der Waals surface area (Å²) in [4.78, 5) is 13.4. The molecule has 0 fully saturated rings. The monoisotopic (exact) mass is 282 g/mol. The first-order valence-electron chi connectivity index (χ1n) is 6.57. The van der Waals surface area contributed by atoms with Crippen LogP contribution in [0.1, 0.15) is 23.6 Å². The number of benzene rings is 2. The number of nitriles is 1. The van der Waals surface area contributed by atoms with E-state index in [-0.39, 0.29) is 11.7 Å². The standard InChI is InChI=1S/C17H15FN2O/c1-13(21)20(12-16-3-2-4-17(18)9-16)11-15-7-5-14(10-19)6-8-15/h2-9H,11-12H2,1H3. The van der Waals surface area contributed by atoms with Crippen molar-refractivity contribution in [1.82, 2.24) is 4.90 Å². The number of rotatable bonds is 4. The van der Waals surface area contributed by atoms with Crippen LogP contribution in [0.3, 0.4) is 0 Å². The summed E-state index contributed by atoms with van der Waals surface area (Å²) in [7, 11) is 0. The van der Waals surface area contributed by atoms with Crippen molar-refractivity contribution in [3.05, 3.63) is 71.0 Å². The zero-order valence-corrected chi connectivity index (χ0v) is 11.7. The maximum atomic E-state index is 13.2. The Morgan fingerprint density at radius 1 is 1.14 bits per heavy atom. The van der Waals surface area contributed by atoms with Crippen molar-refractivity contribution in [3.63, 3.8) is 0 Å². The highest BCUT2D eigenvalue weighted by molar-refractivity contribution is 5.73. The molecule has 0 saturated heterocycles. The Morgan fingerprint density at radius 3 is 2.38 bits per heavy atom. The van der Waals surface area contributed by atoms with Gasteiger partial charge in [0.15, 0.2) is 0 Å². The lowest BCUT2D eigenvalue weighted by molar-refractivity contribution is -0.130. The zero-order valence-electron chi connectivity index (χ0n) is 11.7. The summed E-state index contributed by atoms with van der Waals surface area (Å²) in [5.74, 6) is -0.391. The van der Waals surface area contributed by atoms with Gasteiger partial charge in [-0.1, -0.05) is 24.3 Å². The van der Waals surface area contributed by atoms with Crippen LogP contribution in [0.15, 0.2) is 48.5 Å². The fourth-order valence-corrected chi connectivity index (χ4v) is 2.04. The van der Waals surface area contributed by atoms with Gasteiger partial charge in [0.05, 0.1) is 11.6 Å². The van der Waals surface area contributed by atoms with Gasteiger partial charge >= 0.3 is 0 Å². The van der Waals surface area contributed by atoms with Gasteiger partial charge in [0, 0.05) is 20.0 Å². The van der Waals surface area contributed by atoms with Crippen LogP contribution in [0.4, 0.5) is 4.39 Å². The molecule has 0 N–H and O–H groups in total. The second-order valence-corrected chi connectivity index (χ2v) is 4.81. The fourth-order valence-electron chi connectivity index (χ4n) is 2.04. The van der Waals surface area contributed by atoms with Crippen molar-refractivity contribution in [1.29, 1.82) is 5.26 Å². The van der Waals surface area contributed by atoms with Crippen LogP contribution in [-0.4, -0.2) is 10.8 Å². The van der Waals surface area contributed by atoms with E-state index in [1.54, 1.807) is 29.2 Å². The van der Waals surface area contributed by atoms with Crippen molar-refractivity contribution < 1.29 is 9.18 Å². The van der Waals surface area contributed by atoms with Crippen molar-refractivity contribution in [2.45, 2.75) is 20.0 Å². The summed E-state index contributed by atoms with van der Waals surface area (Å²) in [5.41, 5.74) is 2.26. The summed E-state index contributed by atoms with van der Waals surface area (Å²) in [6, 6.07) is 15.4. The number of carbonyl (C=O) groups excluding carboxylic acids is 1. The SMILES string of the molecule is CC(=O)N(Cc1ccc(C#N)cc1)Cc1cccc(F)c1. The molecule has 0 aromatic heterocycles. The molecule has 1 amide bonds. The number of nitrogens with zero attached hydrogens (tertiary/aromatic N) is 2. The molecule has 2 rings (SSSR count). The van der Waals surface area contributed by atoms with E-state index in [1.807, 2.05) is 12.1 Å². The molecule has 0 spiro atoms. The van der Waals surface area contributed by atoms with Gasteiger partial charge in [-0.05, 0) is 35.4 Å². The highest BCUT2D eigenvalue weighted by atomic mass is 19.1. The van der Waals surface area contributed by atoms with Crippen LogP contribution >= 0.6 is 0 Å². The van der Waals surface area contributed by atoms with Gasteiger partial charge in [-0.25, -0.2) is 4.39 Å². The molecule has 2 aromatic carbocycles. The molecular formula is C17H15FN2O. The molecule has 0 atom stereocenters. The van der Waals surface area contributed by atoms with Gasteiger partial charge in [0.1, 0.15) is 5.82 Å². The molecule has 0 aliphatic rings. The molecule has 0 aliphatic carbocycles. The number of amides is 1. The summed E-state index contributed by atoms with van der Waals surface area (Å²) in [5, 5.41) is 8.77. The highest BCUT2D eigenvalue weighted by Gasteiger charge is 2.10. The second-order valence-electron chi connectivity index (χ2n) is 4.81. The van der Waals surface area contributed by atoms with Crippen molar-refractivity contribution in [3.8, 4) is 6.07 Å². The van der Waals surface area contributed by atoms with E-state index >= 15 is 0 Å². The zero-order chi connectivity index (χ0) is 15.2. The molecular weight excluding hydrogens is 267 g/mol. The Kier molecular flexibility index (Phi) is 4.68. The van der Waals surface area contributed by atoms with E-state index in [2.05, 4.69) is 6.07 Å². The number of halogens is 1. The highest BCUT2D eigenvalue weighted by Crippen LogP contribution is 2.12. The number of hydrogen-bond acceptors (Lipinski definition) is 2. The average Bonchev–Trinajstić information content (AvgIpc) is 2.47. The third-order valence-corrected chi connectivity index (χ3v) is 3.16. The van der Waals surface area contributed by atoms with Gasteiger partial charge in [0.2, 0.25) is 5.91 Å². The summed E-state index contributed by atoms with van der Waals surface area (Å²) >= 11 is 0. The minimum atomic E-state index is -0.311. The maximum absolute atomic E-state index is 13.2. The van der Waals surface area contributed by atoms with Crippen LogP contribution in [0, 0.1) is 17.1 Å². The summed E-state index contributed by atoms with van der Waals surface area (Å²) in [6.07, 6.45) is 0. The van der Waals surface area contributed by atoms with E-state index in [0.29, 0.717) is 18.7 Å². The number of carbonyl (C=O) groups is 1. The lowest BCUT2D eigenvalue weighted by atomic mass is 10.1. The first-order valence-corrected chi connectivity index (χ1v) is 6.57. The maximum Gasteiger partial charge on any atom is 0.220 e. The van der Waals surface area contributed by atoms with E-state index in [0.717, 1.165) is 11.1 Å². The third-order valence-electron chi connectivity index (χ3n) is 3.16. The van der Waals surface area contributed by atoms with Crippen LogP contribution in [0.25, 0.3) is 0 Å². The van der Waals surface area contributed by atoms with Gasteiger partial charge in [-0.15, -0.1) is 0 Å². The van der Waals surface area contributed by atoms with E-state index in [4.69, 9.17) is 5.26 Å². The molecule has 3 nitrogen and oxygen atoms in total. The van der Waals surface area contributed by atoms with Crippen molar-refractivity contribution >= 4 is 5.91 Å². The molecule has 0 aliphatic heterocycles. The molecule has 0 radical (unpaired) electrons. The summed E-state index contributed by atoms with van der Waals surface area (Å²) in [6.45, 7) is 2.27. The molecule has 0 saturated carbocycles. The van der Waals surface area contributed by atoms with Gasteiger partial charge in [-0.2, -0.15) is 5.26 Å². The smallest absolute Gasteiger partial charge is 0.220 e. The molecule has 0 bridgehead atoms. The Hall–Kier alpha value is -2.67. The Morgan fingerprint density at radius 2 is 1.81 bits per heavy atom. The van der Waals surface area contributed by atoms with Gasteiger partial charge in [0.25, 0.3) is 0 Å². The lowest BCUT2D eigenvalue weighted by Gasteiger charge is -2.21. The predicted octanol–water partition coefficient (Wildman–Crippen LogP) is 3.25. The normalized spacial score (nSPS) is 9.95.